The Hall–Kier alpha value is 0.370. The first-order valence-corrected chi connectivity index (χ1v) is 5.65. The lowest BCUT2D eigenvalue weighted by atomic mass is 10.1. The molecule has 1 unspecified atom stereocenters. The molecule has 1 nitrogen and oxygen atoms in total. The summed E-state index contributed by atoms with van der Waals surface area (Å²) in [7, 11) is 0. The van der Waals surface area contributed by atoms with Crippen molar-refractivity contribution in [2.75, 3.05) is 5.75 Å². The fourth-order valence-electron chi connectivity index (χ4n) is 1.18. The SMILES string of the molecule is CCCCCC1CSC(S)=N1. The van der Waals surface area contributed by atoms with Crippen molar-refractivity contribution in [2.45, 2.75) is 38.6 Å². The molecule has 0 saturated carbocycles. The minimum absolute atomic E-state index is 0.569. The van der Waals surface area contributed by atoms with Gasteiger partial charge in [-0.05, 0) is 6.42 Å². The predicted molar refractivity (Wildman–Crippen MR) is 56.8 cm³/mol. The number of thiol groups is 1. The van der Waals surface area contributed by atoms with Crippen LogP contribution in [0.1, 0.15) is 32.6 Å². The van der Waals surface area contributed by atoms with Crippen molar-refractivity contribution < 1.29 is 0 Å². The van der Waals surface area contributed by atoms with E-state index < -0.39 is 0 Å². The van der Waals surface area contributed by atoms with Crippen LogP contribution in [-0.2, 0) is 0 Å². The first kappa shape index (κ1) is 9.46. The first-order chi connectivity index (χ1) is 5.33. The summed E-state index contributed by atoms with van der Waals surface area (Å²) in [5.41, 5.74) is 0. The van der Waals surface area contributed by atoms with Gasteiger partial charge in [0.1, 0.15) is 4.38 Å². The third-order valence-electron chi connectivity index (χ3n) is 1.84. The van der Waals surface area contributed by atoms with E-state index in [-0.39, 0.29) is 0 Å². The largest absolute Gasteiger partial charge is 0.268 e. The van der Waals surface area contributed by atoms with Gasteiger partial charge in [-0.1, -0.05) is 37.9 Å². The summed E-state index contributed by atoms with van der Waals surface area (Å²) in [6.07, 6.45) is 5.23. The Labute approximate surface area is 78.5 Å². The van der Waals surface area contributed by atoms with Gasteiger partial charge in [0.2, 0.25) is 0 Å². The molecule has 1 heterocycles. The van der Waals surface area contributed by atoms with E-state index in [1.165, 1.54) is 25.7 Å². The Morgan fingerprint density at radius 1 is 1.64 bits per heavy atom. The second-order valence-corrected chi connectivity index (χ2v) is 4.61. The Kier molecular flexibility index (Phi) is 4.38. The second-order valence-electron chi connectivity index (χ2n) is 2.87. The second kappa shape index (κ2) is 5.09. The lowest BCUT2D eigenvalue weighted by Crippen LogP contribution is -2.02. The van der Waals surface area contributed by atoms with E-state index in [0.717, 1.165) is 10.1 Å². The van der Waals surface area contributed by atoms with Crippen molar-refractivity contribution in [3.8, 4) is 0 Å². The summed E-state index contributed by atoms with van der Waals surface area (Å²) in [6, 6.07) is 0.569. The highest BCUT2D eigenvalue weighted by Gasteiger charge is 2.14. The maximum atomic E-state index is 4.40. The van der Waals surface area contributed by atoms with Gasteiger partial charge in [-0.15, -0.1) is 12.6 Å². The molecule has 0 amide bonds. The smallest absolute Gasteiger partial charge is 0.121 e. The van der Waals surface area contributed by atoms with Gasteiger partial charge in [0, 0.05) is 5.75 Å². The van der Waals surface area contributed by atoms with Crippen molar-refractivity contribution in [3.05, 3.63) is 0 Å². The van der Waals surface area contributed by atoms with Crippen LogP contribution in [0.3, 0.4) is 0 Å². The zero-order valence-electron chi connectivity index (χ0n) is 6.92. The Balaban J connectivity index is 2.08. The van der Waals surface area contributed by atoms with E-state index in [1.54, 1.807) is 11.8 Å². The van der Waals surface area contributed by atoms with E-state index in [0.29, 0.717) is 6.04 Å². The number of hydrogen-bond acceptors (Lipinski definition) is 2. The van der Waals surface area contributed by atoms with Crippen LogP contribution in [-0.4, -0.2) is 16.2 Å². The van der Waals surface area contributed by atoms with Crippen LogP contribution in [0.2, 0.25) is 0 Å². The van der Waals surface area contributed by atoms with Gasteiger partial charge in [0.05, 0.1) is 6.04 Å². The van der Waals surface area contributed by atoms with Gasteiger partial charge < -0.3 is 0 Å². The fraction of sp³-hybridized carbons (Fsp3) is 0.875. The number of hydrogen-bond donors (Lipinski definition) is 1. The zero-order chi connectivity index (χ0) is 8.10. The maximum Gasteiger partial charge on any atom is 0.121 e. The van der Waals surface area contributed by atoms with Crippen LogP contribution in [0.5, 0.6) is 0 Å². The van der Waals surface area contributed by atoms with Crippen molar-refractivity contribution in [1.82, 2.24) is 0 Å². The monoisotopic (exact) mass is 189 g/mol. The average Bonchev–Trinajstić information content (AvgIpc) is 2.37. The van der Waals surface area contributed by atoms with Crippen LogP contribution in [0, 0.1) is 0 Å². The van der Waals surface area contributed by atoms with Crippen molar-refractivity contribution >= 4 is 28.8 Å². The van der Waals surface area contributed by atoms with Gasteiger partial charge in [-0.25, -0.2) is 0 Å². The number of aliphatic imine (C=N–C) groups is 1. The highest BCUT2D eigenvalue weighted by molar-refractivity contribution is 8.32. The van der Waals surface area contributed by atoms with Gasteiger partial charge in [-0.2, -0.15) is 0 Å². The van der Waals surface area contributed by atoms with Gasteiger partial charge in [0.15, 0.2) is 0 Å². The molecule has 64 valence electrons. The number of thioether (sulfide) groups is 1. The highest BCUT2D eigenvalue weighted by Crippen LogP contribution is 2.23. The van der Waals surface area contributed by atoms with E-state index in [2.05, 4.69) is 24.5 Å². The maximum absolute atomic E-state index is 4.40. The molecular formula is C8H15NS2. The molecule has 1 atom stereocenters. The van der Waals surface area contributed by atoms with Crippen molar-refractivity contribution in [3.63, 3.8) is 0 Å². The average molecular weight is 189 g/mol. The molecule has 0 bridgehead atoms. The van der Waals surface area contributed by atoms with E-state index >= 15 is 0 Å². The van der Waals surface area contributed by atoms with Gasteiger partial charge in [-0.3, -0.25) is 4.99 Å². The summed E-state index contributed by atoms with van der Waals surface area (Å²) in [6.45, 7) is 2.23. The van der Waals surface area contributed by atoms with Crippen molar-refractivity contribution in [2.24, 2.45) is 4.99 Å². The van der Waals surface area contributed by atoms with Crippen LogP contribution >= 0.6 is 24.4 Å². The third-order valence-corrected chi connectivity index (χ3v) is 3.26. The molecule has 1 rings (SSSR count). The molecule has 0 aromatic carbocycles. The molecule has 3 heteroatoms. The topological polar surface area (TPSA) is 12.4 Å². The molecule has 0 aliphatic carbocycles. The zero-order valence-corrected chi connectivity index (χ0v) is 8.63. The Morgan fingerprint density at radius 3 is 3.00 bits per heavy atom. The minimum Gasteiger partial charge on any atom is -0.268 e. The molecule has 0 N–H and O–H groups in total. The molecule has 0 saturated heterocycles. The van der Waals surface area contributed by atoms with E-state index in [4.69, 9.17) is 0 Å². The predicted octanol–water partition coefficient (Wildman–Crippen LogP) is 2.97. The Morgan fingerprint density at radius 2 is 2.45 bits per heavy atom. The summed E-state index contributed by atoms with van der Waals surface area (Å²) in [5, 5.41) is 0. The molecule has 1 aliphatic heterocycles. The normalized spacial score (nSPS) is 23.8. The molecule has 0 fully saturated rings. The van der Waals surface area contributed by atoms with Gasteiger partial charge in [0.25, 0.3) is 0 Å². The first-order valence-electron chi connectivity index (χ1n) is 4.22. The van der Waals surface area contributed by atoms with Crippen molar-refractivity contribution in [1.29, 1.82) is 0 Å². The van der Waals surface area contributed by atoms with Gasteiger partial charge >= 0.3 is 0 Å². The quantitative estimate of drug-likeness (QED) is 0.530. The standard InChI is InChI=1S/C8H15NS2/c1-2-3-4-5-7-6-11-8(10)9-7/h7H,2-6H2,1H3,(H,9,10). The summed E-state index contributed by atoms with van der Waals surface area (Å²) in [4.78, 5) is 4.40. The van der Waals surface area contributed by atoms with E-state index in [9.17, 15) is 0 Å². The number of rotatable bonds is 4. The fourth-order valence-corrected chi connectivity index (χ4v) is 2.37. The summed E-state index contributed by atoms with van der Waals surface area (Å²) >= 11 is 5.99. The molecule has 11 heavy (non-hydrogen) atoms. The Bertz CT molecular complexity index is 145. The number of nitrogens with zero attached hydrogens (tertiary/aromatic N) is 1. The lowest BCUT2D eigenvalue weighted by Gasteiger charge is -2.03. The summed E-state index contributed by atoms with van der Waals surface area (Å²) in [5.74, 6) is 1.16. The lowest BCUT2D eigenvalue weighted by molar-refractivity contribution is 0.603. The van der Waals surface area contributed by atoms with Crippen LogP contribution in [0.4, 0.5) is 0 Å². The van der Waals surface area contributed by atoms with Crippen LogP contribution < -0.4 is 0 Å². The molecule has 0 aromatic heterocycles. The van der Waals surface area contributed by atoms with Crippen LogP contribution in [0.15, 0.2) is 4.99 Å². The third kappa shape index (κ3) is 3.52. The number of unbranched alkanes of at least 4 members (excludes halogenated alkanes) is 2. The van der Waals surface area contributed by atoms with E-state index in [1.807, 2.05) is 0 Å². The minimum atomic E-state index is 0.569. The molecule has 1 aliphatic rings. The molecular weight excluding hydrogens is 174 g/mol. The molecule has 0 radical (unpaired) electrons. The molecule has 0 spiro atoms. The summed E-state index contributed by atoms with van der Waals surface area (Å²) < 4.78 is 0.978. The highest BCUT2D eigenvalue weighted by atomic mass is 32.2. The van der Waals surface area contributed by atoms with Crippen LogP contribution in [0.25, 0.3) is 0 Å². The molecule has 0 aromatic rings.